The summed E-state index contributed by atoms with van der Waals surface area (Å²) >= 11 is 0. The van der Waals surface area contributed by atoms with Crippen molar-refractivity contribution in [3.63, 3.8) is 0 Å². The zero-order valence-corrected chi connectivity index (χ0v) is 15.9. The Kier molecular flexibility index (Phi) is 7.12. The van der Waals surface area contributed by atoms with Crippen LogP contribution in [-0.4, -0.2) is 33.2 Å². The highest BCUT2D eigenvalue weighted by Gasteiger charge is 2.13. The van der Waals surface area contributed by atoms with E-state index < -0.39 is 15.9 Å². The van der Waals surface area contributed by atoms with Crippen LogP contribution in [0.1, 0.15) is 16.7 Å². The third-order valence-electron chi connectivity index (χ3n) is 3.88. The third kappa shape index (κ3) is 5.92. The monoisotopic (exact) mass is 390 g/mol. The predicted molar refractivity (Wildman–Crippen MR) is 102 cm³/mol. The van der Waals surface area contributed by atoms with E-state index in [-0.39, 0.29) is 11.4 Å². The highest BCUT2D eigenvalue weighted by atomic mass is 32.2. The second-order valence-electron chi connectivity index (χ2n) is 5.83. The van der Waals surface area contributed by atoms with Crippen LogP contribution < -0.4 is 14.9 Å². The van der Waals surface area contributed by atoms with Crippen LogP contribution in [0, 0.1) is 6.92 Å². The van der Waals surface area contributed by atoms with Crippen molar-refractivity contribution in [1.29, 1.82) is 0 Å². The van der Waals surface area contributed by atoms with Gasteiger partial charge in [-0.2, -0.15) is 0 Å². The minimum absolute atomic E-state index is 0.0931. The van der Waals surface area contributed by atoms with Crippen LogP contribution in [0.2, 0.25) is 0 Å². The van der Waals surface area contributed by atoms with E-state index in [1.165, 1.54) is 23.7 Å². The Morgan fingerprint density at radius 1 is 1.22 bits per heavy atom. The molecule has 0 spiro atoms. The van der Waals surface area contributed by atoms with Gasteiger partial charge < -0.3 is 4.74 Å². The molecule has 2 aromatic rings. The van der Waals surface area contributed by atoms with Crippen molar-refractivity contribution >= 4 is 22.0 Å². The van der Waals surface area contributed by atoms with Gasteiger partial charge in [-0.05, 0) is 54.3 Å². The SMILES string of the molecule is COc1cc(CCNS(=O)(=O)c2cccc(/C=C/C(=O)NO)c2)ccc1C. The number of methoxy groups -OCH3 is 1. The number of sulfonamides is 1. The number of rotatable bonds is 8. The number of carbonyl (C=O) groups excluding carboxylic acids is 1. The highest BCUT2D eigenvalue weighted by Crippen LogP contribution is 2.19. The van der Waals surface area contributed by atoms with Crippen LogP contribution in [-0.2, 0) is 21.2 Å². The summed E-state index contributed by atoms with van der Waals surface area (Å²) in [7, 11) is -2.09. The van der Waals surface area contributed by atoms with Crippen molar-refractivity contribution < 1.29 is 23.2 Å². The summed E-state index contributed by atoms with van der Waals surface area (Å²) in [6, 6.07) is 11.9. The number of carbonyl (C=O) groups is 1. The van der Waals surface area contributed by atoms with Crippen molar-refractivity contribution in [1.82, 2.24) is 10.2 Å². The number of hydrogen-bond acceptors (Lipinski definition) is 5. The van der Waals surface area contributed by atoms with Crippen LogP contribution in [0.3, 0.4) is 0 Å². The minimum atomic E-state index is -3.69. The van der Waals surface area contributed by atoms with Gasteiger partial charge in [-0.25, -0.2) is 18.6 Å². The van der Waals surface area contributed by atoms with E-state index in [0.29, 0.717) is 12.0 Å². The van der Waals surface area contributed by atoms with Crippen LogP contribution in [0.15, 0.2) is 53.4 Å². The lowest BCUT2D eigenvalue weighted by molar-refractivity contribution is -0.124. The normalized spacial score (nSPS) is 11.5. The first-order chi connectivity index (χ1) is 12.9. The Morgan fingerprint density at radius 2 is 2.00 bits per heavy atom. The van der Waals surface area contributed by atoms with Gasteiger partial charge in [-0.3, -0.25) is 10.0 Å². The summed E-state index contributed by atoms with van der Waals surface area (Å²) in [6.45, 7) is 2.18. The highest BCUT2D eigenvalue weighted by molar-refractivity contribution is 7.89. The molecule has 0 radical (unpaired) electrons. The second kappa shape index (κ2) is 9.31. The maximum atomic E-state index is 12.5. The quantitative estimate of drug-likeness (QED) is 0.363. The van der Waals surface area contributed by atoms with E-state index in [4.69, 9.17) is 9.94 Å². The largest absolute Gasteiger partial charge is 0.496 e. The van der Waals surface area contributed by atoms with E-state index >= 15 is 0 Å². The van der Waals surface area contributed by atoms with Gasteiger partial charge in [-0.15, -0.1) is 0 Å². The van der Waals surface area contributed by atoms with Crippen molar-refractivity contribution in [3.05, 3.63) is 65.2 Å². The zero-order valence-electron chi connectivity index (χ0n) is 15.1. The van der Waals surface area contributed by atoms with Gasteiger partial charge in [0.05, 0.1) is 12.0 Å². The molecule has 2 aromatic carbocycles. The standard InChI is InChI=1S/C19H22N2O5S/c1-14-6-7-16(13-18(14)26-2)10-11-20-27(24,25)17-5-3-4-15(12-17)8-9-19(22)21-23/h3-9,12-13,20,23H,10-11H2,1-2H3,(H,21,22)/b9-8+. The topological polar surface area (TPSA) is 105 Å². The van der Waals surface area contributed by atoms with E-state index in [2.05, 4.69) is 4.72 Å². The lowest BCUT2D eigenvalue weighted by atomic mass is 10.1. The number of nitrogens with one attached hydrogen (secondary N) is 2. The fraction of sp³-hybridized carbons (Fsp3) is 0.211. The second-order valence-corrected chi connectivity index (χ2v) is 7.60. The Morgan fingerprint density at radius 3 is 2.70 bits per heavy atom. The smallest absolute Gasteiger partial charge is 0.267 e. The first-order valence-electron chi connectivity index (χ1n) is 8.21. The molecule has 0 aromatic heterocycles. The average Bonchev–Trinajstić information content (AvgIpc) is 2.67. The summed E-state index contributed by atoms with van der Waals surface area (Å²) < 4.78 is 32.8. The van der Waals surface area contributed by atoms with Crippen molar-refractivity contribution in [2.24, 2.45) is 0 Å². The van der Waals surface area contributed by atoms with Gasteiger partial charge >= 0.3 is 0 Å². The van der Waals surface area contributed by atoms with E-state index in [9.17, 15) is 13.2 Å². The molecular formula is C19H22N2O5S. The fourth-order valence-corrected chi connectivity index (χ4v) is 3.51. The molecule has 0 atom stereocenters. The van der Waals surface area contributed by atoms with Gasteiger partial charge in [0.25, 0.3) is 5.91 Å². The van der Waals surface area contributed by atoms with Gasteiger partial charge in [0.1, 0.15) is 5.75 Å². The zero-order chi connectivity index (χ0) is 19.9. The molecule has 2 rings (SSSR count). The number of hydrogen-bond donors (Lipinski definition) is 3. The molecule has 0 heterocycles. The summed E-state index contributed by atoms with van der Waals surface area (Å²) in [5.41, 5.74) is 3.97. The molecule has 7 nitrogen and oxygen atoms in total. The minimum Gasteiger partial charge on any atom is -0.496 e. The Labute approximate surface area is 158 Å². The summed E-state index contributed by atoms with van der Waals surface area (Å²) in [6.07, 6.45) is 3.03. The molecule has 0 saturated carbocycles. The molecule has 27 heavy (non-hydrogen) atoms. The first kappa shape index (κ1) is 20.6. The molecule has 0 saturated heterocycles. The molecule has 0 fully saturated rings. The number of aryl methyl sites for hydroxylation is 1. The molecule has 1 amide bonds. The molecule has 0 bridgehead atoms. The molecule has 0 unspecified atom stereocenters. The van der Waals surface area contributed by atoms with Gasteiger partial charge in [0.2, 0.25) is 10.0 Å². The summed E-state index contributed by atoms with van der Waals surface area (Å²) in [4.78, 5) is 11.1. The van der Waals surface area contributed by atoms with Crippen molar-refractivity contribution in [2.45, 2.75) is 18.2 Å². The molecular weight excluding hydrogens is 368 g/mol. The van der Waals surface area contributed by atoms with Gasteiger partial charge in [0, 0.05) is 12.6 Å². The summed E-state index contributed by atoms with van der Waals surface area (Å²) in [5.74, 6) is 0.0664. The van der Waals surface area contributed by atoms with Gasteiger partial charge in [0.15, 0.2) is 0 Å². The van der Waals surface area contributed by atoms with Crippen LogP contribution in [0.4, 0.5) is 0 Å². The van der Waals surface area contributed by atoms with Crippen LogP contribution >= 0.6 is 0 Å². The summed E-state index contributed by atoms with van der Waals surface area (Å²) in [5, 5.41) is 8.47. The average molecular weight is 390 g/mol. The Balaban J connectivity index is 2.04. The molecule has 0 aliphatic carbocycles. The number of benzene rings is 2. The Bertz CT molecular complexity index is 939. The number of hydroxylamine groups is 1. The lowest BCUT2D eigenvalue weighted by Crippen LogP contribution is -2.26. The van der Waals surface area contributed by atoms with E-state index in [0.717, 1.165) is 23.0 Å². The van der Waals surface area contributed by atoms with E-state index in [1.54, 1.807) is 19.2 Å². The number of ether oxygens (including phenoxy) is 1. The Hall–Kier alpha value is -2.68. The first-order valence-corrected chi connectivity index (χ1v) is 9.69. The molecule has 8 heteroatoms. The fourth-order valence-electron chi connectivity index (χ4n) is 2.43. The molecule has 0 aliphatic heterocycles. The van der Waals surface area contributed by atoms with Crippen LogP contribution in [0.5, 0.6) is 5.75 Å². The molecule has 0 aliphatic rings. The number of amides is 1. The van der Waals surface area contributed by atoms with E-state index in [1.807, 2.05) is 25.1 Å². The lowest BCUT2D eigenvalue weighted by Gasteiger charge is -2.09. The van der Waals surface area contributed by atoms with Crippen molar-refractivity contribution in [3.8, 4) is 5.75 Å². The molecule has 144 valence electrons. The third-order valence-corrected chi connectivity index (χ3v) is 5.34. The maximum absolute atomic E-state index is 12.5. The molecule has 3 N–H and O–H groups in total. The van der Waals surface area contributed by atoms with Gasteiger partial charge in [-0.1, -0.05) is 24.3 Å². The predicted octanol–water partition coefficient (Wildman–Crippen LogP) is 2.04. The van der Waals surface area contributed by atoms with Crippen LogP contribution in [0.25, 0.3) is 6.08 Å². The van der Waals surface area contributed by atoms with Crippen molar-refractivity contribution in [2.75, 3.05) is 13.7 Å². The maximum Gasteiger partial charge on any atom is 0.267 e.